The molecule has 0 radical (unpaired) electrons. The summed E-state index contributed by atoms with van der Waals surface area (Å²) in [5, 5.41) is 11.9. The van der Waals surface area contributed by atoms with E-state index in [4.69, 9.17) is 14.1 Å². The molecule has 10 rings (SSSR count). The number of phenols is 1. The zero-order valence-electron chi connectivity index (χ0n) is 37.8. The summed E-state index contributed by atoms with van der Waals surface area (Å²) in [4.78, 5) is 10.5. The smallest absolute Gasteiger partial charge is 0.149 e. The SMILES string of the molecule is [2H]C([2H])([2H])c1ccc(-c2ccnc(-c3cc(-c4ccccc4)cc(-c4cccc5c4nc(-c4cc(C)cc(C)c4O)n5-c4cc(-c5ccccc5)c(C)cc4-c4ccccc4)c3)c2)cc1. The van der Waals surface area contributed by atoms with Gasteiger partial charge in [0, 0.05) is 27.0 Å². The molecule has 4 nitrogen and oxygen atoms in total. The highest BCUT2D eigenvalue weighted by Gasteiger charge is 2.24. The van der Waals surface area contributed by atoms with Crippen molar-refractivity contribution in [2.75, 3.05) is 0 Å². The normalized spacial score (nSPS) is 12.2. The average Bonchev–Trinajstić information content (AvgIpc) is 3.72. The molecule has 0 amide bonds. The molecule has 298 valence electrons. The number of fused-ring (bicyclic) bond motifs is 1. The lowest BCUT2D eigenvalue weighted by molar-refractivity contribution is 0.472. The topological polar surface area (TPSA) is 50.9 Å². The first-order valence-corrected chi connectivity index (χ1v) is 20.9. The molecule has 0 saturated carbocycles. The Morgan fingerprint density at radius 3 is 1.81 bits per heavy atom. The fourth-order valence-corrected chi connectivity index (χ4v) is 8.71. The Hall–Kier alpha value is -7.82. The number of aryl methyl sites for hydroxylation is 4. The first-order chi connectivity index (χ1) is 31.5. The van der Waals surface area contributed by atoms with E-state index in [0.717, 1.165) is 100 Å². The van der Waals surface area contributed by atoms with Crippen molar-refractivity contribution >= 4 is 11.0 Å². The molecule has 4 heteroatoms. The van der Waals surface area contributed by atoms with Crippen LogP contribution in [0.3, 0.4) is 0 Å². The van der Waals surface area contributed by atoms with Crippen molar-refractivity contribution in [3.8, 4) is 89.7 Å². The molecule has 8 aromatic carbocycles. The van der Waals surface area contributed by atoms with Gasteiger partial charge in [-0.25, -0.2) is 4.98 Å². The van der Waals surface area contributed by atoms with Gasteiger partial charge in [-0.1, -0.05) is 139 Å². The van der Waals surface area contributed by atoms with Crippen LogP contribution in [0.25, 0.3) is 95.0 Å². The van der Waals surface area contributed by atoms with Crippen molar-refractivity contribution in [3.63, 3.8) is 0 Å². The van der Waals surface area contributed by atoms with Gasteiger partial charge in [0.15, 0.2) is 0 Å². The standard InChI is InChI=1S/C58H45N3O/c1-37-23-25-42(26-24-37)45-27-28-59-53(35-45)48-33-46(41-15-8-5-9-16-41)32-47(34-48)49-21-14-22-54-56(49)60-58(52-30-38(2)29-40(4)57(52)62)61(54)55-36-50(43-17-10-6-11-18-43)39(3)31-51(55)44-19-12-7-13-20-44/h5-36,62H,1-4H3/i1D3. The fraction of sp³-hybridized carbons (Fsp3) is 0.0690. The third-order valence-corrected chi connectivity index (χ3v) is 11.7. The summed E-state index contributed by atoms with van der Waals surface area (Å²) >= 11 is 0. The Morgan fingerprint density at radius 1 is 0.452 bits per heavy atom. The second kappa shape index (κ2) is 16.0. The van der Waals surface area contributed by atoms with E-state index in [0.29, 0.717) is 17.0 Å². The maximum absolute atomic E-state index is 11.9. The Labute approximate surface area is 367 Å². The van der Waals surface area contributed by atoms with E-state index in [1.54, 1.807) is 18.3 Å². The van der Waals surface area contributed by atoms with Gasteiger partial charge in [-0.3, -0.25) is 9.55 Å². The highest BCUT2D eigenvalue weighted by Crippen LogP contribution is 2.44. The summed E-state index contributed by atoms with van der Waals surface area (Å²) in [5.74, 6) is 0.827. The number of phenolic OH excluding ortho intramolecular Hbond substituents is 1. The van der Waals surface area contributed by atoms with Gasteiger partial charge < -0.3 is 5.11 Å². The molecule has 0 fully saturated rings. The Balaban J connectivity index is 1.23. The molecule has 1 N–H and O–H groups in total. The second-order valence-corrected chi connectivity index (χ2v) is 16.0. The number of aromatic nitrogens is 3. The van der Waals surface area contributed by atoms with Crippen LogP contribution in [-0.2, 0) is 0 Å². The molecule has 0 bridgehead atoms. The predicted molar refractivity (Wildman–Crippen MR) is 258 cm³/mol. The van der Waals surface area contributed by atoms with Crippen LogP contribution in [0.5, 0.6) is 5.75 Å². The summed E-state index contributed by atoms with van der Waals surface area (Å²) in [5.41, 5.74) is 18.4. The van der Waals surface area contributed by atoms with Gasteiger partial charge >= 0.3 is 0 Å². The highest BCUT2D eigenvalue weighted by atomic mass is 16.3. The molecule has 0 aliphatic rings. The summed E-state index contributed by atoms with van der Waals surface area (Å²) < 4.78 is 25.8. The van der Waals surface area contributed by atoms with E-state index < -0.39 is 6.85 Å². The van der Waals surface area contributed by atoms with Crippen molar-refractivity contribution in [1.82, 2.24) is 14.5 Å². The van der Waals surface area contributed by atoms with Gasteiger partial charge in [-0.15, -0.1) is 0 Å². The minimum Gasteiger partial charge on any atom is -0.507 e. The van der Waals surface area contributed by atoms with E-state index in [-0.39, 0.29) is 5.75 Å². The van der Waals surface area contributed by atoms with Gasteiger partial charge in [0.1, 0.15) is 11.6 Å². The van der Waals surface area contributed by atoms with Crippen LogP contribution in [0, 0.1) is 27.6 Å². The number of benzene rings is 8. The predicted octanol–water partition coefficient (Wildman–Crippen LogP) is 15.0. The maximum atomic E-state index is 11.9. The molecular weight excluding hydrogens is 755 g/mol. The monoisotopic (exact) mass is 802 g/mol. The quantitative estimate of drug-likeness (QED) is 0.166. The van der Waals surface area contributed by atoms with Gasteiger partial charge in [0.2, 0.25) is 0 Å². The molecule has 0 aliphatic heterocycles. The number of aromatic hydroxyl groups is 1. The molecule has 0 aliphatic carbocycles. The molecule has 0 unspecified atom stereocenters. The first kappa shape index (κ1) is 35.0. The summed E-state index contributed by atoms with van der Waals surface area (Å²) in [6.07, 6.45) is 1.80. The first-order valence-electron chi connectivity index (χ1n) is 22.4. The lowest BCUT2D eigenvalue weighted by Crippen LogP contribution is -2.03. The average molecular weight is 803 g/mol. The van der Waals surface area contributed by atoms with E-state index in [1.807, 2.05) is 67.6 Å². The molecule has 0 saturated heterocycles. The zero-order valence-corrected chi connectivity index (χ0v) is 34.8. The minimum atomic E-state index is -2.18. The van der Waals surface area contributed by atoms with E-state index in [1.165, 1.54) is 0 Å². The highest BCUT2D eigenvalue weighted by molar-refractivity contribution is 5.99. The molecule has 2 heterocycles. The van der Waals surface area contributed by atoms with Crippen LogP contribution >= 0.6 is 0 Å². The third-order valence-electron chi connectivity index (χ3n) is 11.7. The van der Waals surface area contributed by atoms with Gasteiger partial charge in [0.05, 0.1) is 28.0 Å². The Morgan fingerprint density at radius 2 is 1.10 bits per heavy atom. The van der Waals surface area contributed by atoms with Crippen molar-refractivity contribution in [1.29, 1.82) is 0 Å². The second-order valence-electron chi connectivity index (χ2n) is 16.0. The van der Waals surface area contributed by atoms with E-state index in [2.05, 4.69) is 134 Å². The van der Waals surface area contributed by atoms with Gasteiger partial charge in [0.25, 0.3) is 0 Å². The zero-order chi connectivity index (χ0) is 44.8. The number of rotatable bonds is 8. The number of hydrogen-bond acceptors (Lipinski definition) is 3. The third kappa shape index (κ3) is 7.16. The van der Waals surface area contributed by atoms with Gasteiger partial charge in [-0.2, -0.15) is 0 Å². The molecule has 10 aromatic rings. The summed E-state index contributed by atoms with van der Waals surface area (Å²) in [6.45, 7) is 3.97. The maximum Gasteiger partial charge on any atom is 0.149 e. The number of imidazole rings is 1. The van der Waals surface area contributed by atoms with Crippen molar-refractivity contribution < 1.29 is 9.22 Å². The molecule has 2 aromatic heterocycles. The molecule has 0 atom stereocenters. The minimum absolute atomic E-state index is 0.192. The molecule has 62 heavy (non-hydrogen) atoms. The number of nitrogens with zero attached hydrogens (tertiary/aromatic N) is 3. The van der Waals surface area contributed by atoms with Crippen molar-refractivity contribution in [2.24, 2.45) is 0 Å². The fourth-order valence-electron chi connectivity index (χ4n) is 8.71. The van der Waals surface area contributed by atoms with Crippen LogP contribution in [0.2, 0.25) is 0 Å². The molecule has 0 spiro atoms. The van der Waals surface area contributed by atoms with Crippen LogP contribution in [0.1, 0.15) is 26.4 Å². The lowest BCUT2D eigenvalue weighted by Gasteiger charge is -2.19. The van der Waals surface area contributed by atoms with Crippen molar-refractivity contribution in [3.05, 3.63) is 217 Å². The summed E-state index contributed by atoms with van der Waals surface area (Å²) in [6, 6.07) is 63.8. The van der Waals surface area contributed by atoms with Crippen LogP contribution in [0.4, 0.5) is 0 Å². The largest absolute Gasteiger partial charge is 0.507 e. The summed E-state index contributed by atoms with van der Waals surface area (Å²) in [7, 11) is 0. The Kier molecular flexibility index (Phi) is 9.02. The van der Waals surface area contributed by atoms with Crippen molar-refractivity contribution in [2.45, 2.75) is 27.6 Å². The molecular formula is C58H45N3O. The van der Waals surface area contributed by atoms with E-state index in [9.17, 15) is 5.11 Å². The lowest BCUT2D eigenvalue weighted by atomic mass is 9.93. The Bertz CT molecular complexity index is 3380. The van der Waals surface area contributed by atoms with Crippen LogP contribution in [-0.4, -0.2) is 19.6 Å². The van der Waals surface area contributed by atoms with Crippen LogP contribution in [0.15, 0.2) is 194 Å². The number of para-hydroxylation sites is 1. The number of pyridine rings is 1. The number of hydrogen-bond donors (Lipinski definition) is 1. The van der Waals surface area contributed by atoms with Crippen LogP contribution < -0.4 is 0 Å². The van der Waals surface area contributed by atoms with E-state index >= 15 is 0 Å². The van der Waals surface area contributed by atoms with Gasteiger partial charge in [-0.05, 0) is 143 Å².